The SMILES string of the molecule is O=C(O)C1(C2C=Cc3ccccc32)CCC1. The normalized spacial score (nSPS) is 24.9. The van der Waals surface area contributed by atoms with Gasteiger partial charge < -0.3 is 5.11 Å². The molecule has 1 atom stereocenters. The minimum Gasteiger partial charge on any atom is -0.481 e. The number of benzene rings is 1. The van der Waals surface area contributed by atoms with Crippen molar-refractivity contribution < 1.29 is 9.90 Å². The first-order chi connectivity index (χ1) is 7.74. The fourth-order valence-corrected chi connectivity index (χ4v) is 2.95. The first-order valence-corrected chi connectivity index (χ1v) is 5.74. The van der Waals surface area contributed by atoms with Gasteiger partial charge in [-0.1, -0.05) is 42.8 Å². The lowest BCUT2D eigenvalue weighted by atomic mass is 9.60. The summed E-state index contributed by atoms with van der Waals surface area (Å²) in [5.41, 5.74) is 1.84. The first kappa shape index (κ1) is 9.64. The van der Waals surface area contributed by atoms with Crippen molar-refractivity contribution in [3.8, 4) is 0 Å². The van der Waals surface area contributed by atoms with Crippen molar-refractivity contribution in [3.63, 3.8) is 0 Å². The number of carbonyl (C=O) groups is 1. The number of hydrogen-bond donors (Lipinski definition) is 1. The third-order valence-corrected chi connectivity index (χ3v) is 4.07. The molecule has 0 aliphatic heterocycles. The molecule has 1 fully saturated rings. The Morgan fingerprint density at radius 3 is 2.69 bits per heavy atom. The molecule has 82 valence electrons. The van der Waals surface area contributed by atoms with Crippen LogP contribution in [-0.2, 0) is 4.79 Å². The van der Waals surface area contributed by atoms with Gasteiger partial charge in [0.2, 0.25) is 0 Å². The van der Waals surface area contributed by atoms with Gasteiger partial charge in [0.05, 0.1) is 5.41 Å². The van der Waals surface area contributed by atoms with Gasteiger partial charge in [0.1, 0.15) is 0 Å². The third-order valence-electron chi connectivity index (χ3n) is 4.07. The van der Waals surface area contributed by atoms with Crippen molar-refractivity contribution in [1.29, 1.82) is 0 Å². The summed E-state index contributed by atoms with van der Waals surface area (Å²) < 4.78 is 0. The minimum absolute atomic E-state index is 0.0787. The van der Waals surface area contributed by atoms with Crippen LogP contribution in [0, 0.1) is 5.41 Å². The van der Waals surface area contributed by atoms with Crippen LogP contribution in [0.5, 0.6) is 0 Å². The van der Waals surface area contributed by atoms with Crippen LogP contribution in [-0.4, -0.2) is 11.1 Å². The van der Waals surface area contributed by atoms with Crippen LogP contribution >= 0.6 is 0 Å². The molecule has 1 unspecified atom stereocenters. The Kier molecular flexibility index (Phi) is 1.93. The lowest BCUT2D eigenvalue weighted by Crippen LogP contribution is -2.42. The largest absolute Gasteiger partial charge is 0.481 e. The van der Waals surface area contributed by atoms with Crippen LogP contribution in [0.25, 0.3) is 6.08 Å². The number of allylic oxidation sites excluding steroid dienone is 1. The fourth-order valence-electron chi connectivity index (χ4n) is 2.95. The molecule has 2 heteroatoms. The Hall–Kier alpha value is -1.57. The average molecular weight is 214 g/mol. The smallest absolute Gasteiger partial charge is 0.310 e. The molecule has 1 saturated carbocycles. The van der Waals surface area contributed by atoms with Crippen LogP contribution in [0.4, 0.5) is 0 Å². The number of carboxylic acids is 1. The van der Waals surface area contributed by atoms with Crippen molar-refractivity contribution in [1.82, 2.24) is 0 Å². The maximum atomic E-state index is 11.5. The van der Waals surface area contributed by atoms with Gasteiger partial charge in [-0.2, -0.15) is 0 Å². The van der Waals surface area contributed by atoms with Crippen molar-refractivity contribution in [3.05, 3.63) is 41.5 Å². The van der Waals surface area contributed by atoms with Gasteiger partial charge >= 0.3 is 5.97 Å². The van der Waals surface area contributed by atoms with E-state index in [4.69, 9.17) is 0 Å². The average Bonchev–Trinajstić information content (AvgIpc) is 2.61. The van der Waals surface area contributed by atoms with Gasteiger partial charge in [0.15, 0.2) is 0 Å². The topological polar surface area (TPSA) is 37.3 Å². The quantitative estimate of drug-likeness (QED) is 0.821. The van der Waals surface area contributed by atoms with Crippen LogP contribution in [0.15, 0.2) is 30.3 Å². The van der Waals surface area contributed by atoms with Crippen molar-refractivity contribution in [2.75, 3.05) is 0 Å². The highest BCUT2D eigenvalue weighted by atomic mass is 16.4. The molecule has 0 aromatic heterocycles. The molecule has 0 saturated heterocycles. The van der Waals surface area contributed by atoms with Crippen molar-refractivity contribution >= 4 is 12.0 Å². The van der Waals surface area contributed by atoms with Gasteiger partial charge in [-0.25, -0.2) is 0 Å². The monoisotopic (exact) mass is 214 g/mol. The zero-order valence-corrected chi connectivity index (χ0v) is 9.02. The molecule has 2 aliphatic rings. The van der Waals surface area contributed by atoms with Crippen molar-refractivity contribution in [2.45, 2.75) is 25.2 Å². The lowest BCUT2D eigenvalue weighted by Gasteiger charge is -2.42. The van der Waals surface area contributed by atoms with Gasteiger partial charge in [0.25, 0.3) is 0 Å². The molecular formula is C14H14O2. The van der Waals surface area contributed by atoms with Crippen LogP contribution < -0.4 is 0 Å². The molecule has 2 nitrogen and oxygen atoms in total. The molecule has 1 N–H and O–H groups in total. The first-order valence-electron chi connectivity index (χ1n) is 5.74. The van der Waals surface area contributed by atoms with E-state index in [2.05, 4.69) is 24.3 Å². The predicted molar refractivity (Wildman–Crippen MR) is 62.1 cm³/mol. The van der Waals surface area contributed by atoms with Crippen LogP contribution in [0.3, 0.4) is 0 Å². The number of rotatable bonds is 2. The van der Waals surface area contributed by atoms with E-state index in [0.717, 1.165) is 19.3 Å². The summed E-state index contributed by atoms with van der Waals surface area (Å²) in [7, 11) is 0. The summed E-state index contributed by atoms with van der Waals surface area (Å²) in [4.78, 5) is 11.5. The van der Waals surface area contributed by atoms with E-state index in [0.29, 0.717) is 0 Å². The summed E-state index contributed by atoms with van der Waals surface area (Å²) in [5.74, 6) is -0.556. The maximum Gasteiger partial charge on any atom is 0.310 e. The second-order valence-electron chi connectivity index (χ2n) is 4.78. The van der Waals surface area contributed by atoms with Gasteiger partial charge in [0, 0.05) is 5.92 Å². The second-order valence-corrected chi connectivity index (χ2v) is 4.78. The van der Waals surface area contributed by atoms with E-state index in [-0.39, 0.29) is 5.92 Å². The van der Waals surface area contributed by atoms with E-state index >= 15 is 0 Å². The predicted octanol–water partition coefficient (Wildman–Crippen LogP) is 3.05. The standard InChI is InChI=1S/C14H14O2/c15-13(16)14(8-3-9-14)12-7-6-10-4-1-2-5-11(10)12/h1-2,4-7,12H,3,8-9H2,(H,15,16). The second kappa shape index (κ2) is 3.21. The Labute approximate surface area is 94.6 Å². The molecule has 0 heterocycles. The van der Waals surface area contributed by atoms with Crippen LogP contribution in [0.1, 0.15) is 36.3 Å². The van der Waals surface area contributed by atoms with Crippen molar-refractivity contribution in [2.24, 2.45) is 5.41 Å². The summed E-state index contributed by atoms with van der Waals surface area (Å²) >= 11 is 0. The Morgan fingerprint density at radius 1 is 1.31 bits per heavy atom. The minimum atomic E-state index is -0.634. The van der Waals surface area contributed by atoms with Gasteiger partial charge in [-0.15, -0.1) is 0 Å². The molecule has 0 amide bonds. The lowest BCUT2D eigenvalue weighted by molar-refractivity contribution is -0.155. The van der Waals surface area contributed by atoms with E-state index in [9.17, 15) is 9.90 Å². The highest BCUT2D eigenvalue weighted by Crippen LogP contribution is 2.54. The molecular weight excluding hydrogens is 200 g/mol. The zero-order chi connectivity index (χ0) is 11.2. The Morgan fingerprint density at radius 2 is 2.06 bits per heavy atom. The van der Waals surface area contributed by atoms with E-state index in [1.54, 1.807) is 0 Å². The summed E-state index contributed by atoms with van der Waals surface area (Å²) in [5, 5.41) is 9.44. The number of fused-ring (bicyclic) bond motifs is 1. The van der Waals surface area contributed by atoms with Crippen LogP contribution in [0.2, 0.25) is 0 Å². The Balaban J connectivity index is 2.04. The third kappa shape index (κ3) is 1.10. The molecule has 0 bridgehead atoms. The molecule has 0 radical (unpaired) electrons. The zero-order valence-electron chi connectivity index (χ0n) is 9.02. The van der Waals surface area contributed by atoms with Gasteiger partial charge in [-0.05, 0) is 24.0 Å². The summed E-state index contributed by atoms with van der Waals surface area (Å²) in [6, 6.07) is 8.11. The molecule has 1 aromatic carbocycles. The van der Waals surface area contributed by atoms with E-state index in [1.807, 2.05) is 12.1 Å². The molecule has 0 spiro atoms. The molecule has 2 aliphatic carbocycles. The molecule has 16 heavy (non-hydrogen) atoms. The molecule has 3 rings (SSSR count). The number of carboxylic acid groups (broad SMARTS) is 1. The summed E-state index contributed by atoms with van der Waals surface area (Å²) in [6.45, 7) is 0. The van der Waals surface area contributed by atoms with E-state index in [1.165, 1.54) is 11.1 Å². The number of aliphatic carboxylic acids is 1. The highest BCUT2D eigenvalue weighted by Gasteiger charge is 2.51. The van der Waals surface area contributed by atoms with E-state index < -0.39 is 11.4 Å². The highest BCUT2D eigenvalue weighted by molar-refractivity contribution is 5.80. The fraction of sp³-hybridized carbons (Fsp3) is 0.357. The van der Waals surface area contributed by atoms with Gasteiger partial charge in [-0.3, -0.25) is 4.79 Å². The maximum absolute atomic E-state index is 11.5. The Bertz CT molecular complexity index is 469. The number of hydrogen-bond acceptors (Lipinski definition) is 1. The summed E-state index contributed by atoms with van der Waals surface area (Å²) in [6.07, 6.45) is 6.79. The molecule has 1 aromatic rings.